The van der Waals surface area contributed by atoms with Gasteiger partial charge in [0.1, 0.15) is 0 Å². The number of nitrogens with zero attached hydrogens (tertiary/aromatic N) is 5. The lowest BCUT2D eigenvalue weighted by molar-refractivity contribution is 0.0761. The molecule has 0 radical (unpaired) electrons. The van der Waals surface area contributed by atoms with Crippen LogP contribution in [-0.4, -0.2) is 56.6 Å². The quantitative estimate of drug-likeness (QED) is 0.709. The van der Waals surface area contributed by atoms with Crippen LogP contribution in [0.15, 0.2) is 35.1 Å². The Hall–Kier alpha value is -2.67. The molecule has 0 atom stereocenters. The van der Waals surface area contributed by atoms with Gasteiger partial charge < -0.3 is 14.0 Å². The second-order valence-corrected chi connectivity index (χ2v) is 7.12. The average Bonchev–Trinajstić information content (AvgIpc) is 3.21. The fourth-order valence-corrected chi connectivity index (χ4v) is 3.60. The predicted octanol–water partition coefficient (Wildman–Crippen LogP) is 2.47. The minimum atomic E-state index is 0.0809. The molecule has 1 amide bonds. The number of benzene rings is 1. The Morgan fingerprint density at radius 1 is 1.19 bits per heavy atom. The summed E-state index contributed by atoms with van der Waals surface area (Å²) >= 11 is 0. The summed E-state index contributed by atoms with van der Waals surface area (Å²) in [6, 6.07) is 7.78. The van der Waals surface area contributed by atoms with Gasteiger partial charge in [0.2, 0.25) is 0 Å². The number of rotatable bonds is 4. The number of hydrogen-bond donors (Lipinski definition) is 0. The molecule has 7 nitrogen and oxygen atoms in total. The molecule has 27 heavy (non-hydrogen) atoms. The Morgan fingerprint density at radius 2 is 2.07 bits per heavy atom. The Labute approximate surface area is 158 Å². The predicted molar refractivity (Wildman–Crippen MR) is 102 cm³/mol. The van der Waals surface area contributed by atoms with E-state index in [0.717, 1.165) is 61.5 Å². The Bertz CT molecular complexity index is 945. The number of carbonyl (C=O) groups is 1. The van der Waals surface area contributed by atoms with Gasteiger partial charge in [-0.2, -0.15) is 0 Å². The van der Waals surface area contributed by atoms with Crippen molar-refractivity contribution in [2.75, 3.05) is 26.2 Å². The van der Waals surface area contributed by atoms with E-state index in [1.807, 2.05) is 40.8 Å². The molecule has 142 valence electrons. The van der Waals surface area contributed by atoms with Crippen molar-refractivity contribution >= 4 is 16.9 Å². The molecule has 1 aromatic carbocycles. The largest absolute Gasteiger partial charge is 0.360 e. The van der Waals surface area contributed by atoms with Crippen molar-refractivity contribution in [3.8, 4) is 0 Å². The summed E-state index contributed by atoms with van der Waals surface area (Å²) in [5.74, 6) is 0.976. The third kappa shape index (κ3) is 3.73. The summed E-state index contributed by atoms with van der Waals surface area (Å²) in [6.07, 6.45) is 3.61. The van der Waals surface area contributed by atoms with E-state index in [1.165, 1.54) is 0 Å². The van der Waals surface area contributed by atoms with Gasteiger partial charge in [-0.05, 0) is 31.0 Å². The molecule has 0 spiro atoms. The van der Waals surface area contributed by atoms with Gasteiger partial charge in [-0.1, -0.05) is 12.1 Å². The van der Waals surface area contributed by atoms with Crippen LogP contribution < -0.4 is 0 Å². The average molecular weight is 367 g/mol. The van der Waals surface area contributed by atoms with Gasteiger partial charge in [0, 0.05) is 44.9 Å². The van der Waals surface area contributed by atoms with Crippen molar-refractivity contribution in [3.05, 3.63) is 47.6 Å². The molecule has 4 rings (SSSR count). The van der Waals surface area contributed by atoms with E-state index < -0.39 is 0 Å². The van der Waals surface area contributed by atoms with Crippen LogP contribution in [-0.2, 0) is 20.0 Å². The number of hydrogen-bond acceptors (Lipinski definition) is 5. The first-order valence-corrected chi connectivity index (χ1v) is 9.51. The molecule has 0 bridgehead atoms. The molecule has 0 N–H and O–H groups in total. The fraction of sp³-hybridized carbons (Fsp3) is 0.450. The van der Waals surface area contributed by atoms with Crippen molar-refractivity contribution in [1.82, 2.24) is 24.5 Å². The zero-order chi connectivity index (χ0) is 18.8. The van der Waals surface area contributed by atoms with Crippen molar-refractivity contribution in [3.63, 3.8) is 0 Å². The number of carbonyl (C=O) groups excluding carboxylic acids is 1. The van der Waals surface area contributed by atoms with Crippen LogP contribution in [0.1, 0.15) is 35.2 Å². The van der Waals surface area contributed by atoms with Crippen LogP contribution in [0.5, 0.6) is 0 Å². The Morgan fingerprint density at radius 3 is 2.89 bits per heavy atom. The molecule has 1 fully saturated rings. The van der Waals surface area contributed by atoms with Crippen LogP contribution in [0.25, 0.3) is 11.0 Å². The van der Waals surface area contributed by atoms with Crippen molar-refractivity contribution < 1.29 is 9.32 Å². The third-order valence-electron chi connectivity index (χ3n) is 5.20. The lowest BCUT2D eigenvalue weighted by Crippen LogP contribution is -2.35. The maximum Gasteiger partial charge on any atom is 0.253 e. The fourth-order valence-electron chi connectivity index (χ4n) is 3.60. The highest BCUT2D eigenvalue weighted by Crippen LogP contribution is 2.17. The van der Waals surface area contributed by atoms with E-state index >= 15 is 0 Å². The van der Waals surface area contributed by atoms with E-state index in [0.29, 0.717) is 12.1 Å². The Balaban J connectivity index is 1.41. The maximum atomic E-state index is 13.0. The van der Waals surface area contributed by atoms with Crippen LogP contribution in [0, 0.1) is 0 Å². The summed E-state index contributed by atoms with van der Waals surface area (Å²) in [4.78, 5) is 21.6. The molecule has 7 heteroatoms. The first-order valence-electron chi connectivity index (χ1n) is 9.51. The first kappa shape index (κ1) is 17.7. The number of aryl methyl sites for hydroxylation is 2. The molecule has 1 aliphatic heterocycles. The molecule has 1 saturated heterocycles. The topological polar surface area (TPSA) is 67.4 Å². The molecule has 0 unspecified atom stereocenters. The number of amides is 1. The highest BCUT2D eigenvalue weighted by Gasteiger charge is 2.21. The second-order valence-electron chi connectivity index (χ2n) is 7.12. The zero-order valence-electron chi connectivity index (χ0n) is 15.9. The highest BCUT2D eigenvalue weighted by molar-refractivity contribution is 5.97. The molecular formula is C20H25N5O2. The van der Waals surface area contributed by atoms with Gasteiger partial charge in [-0.3, -0.25) is 9.69 Å². The normalized spacial score (nSPS) is 16.0. The number of fused-ring (bicyclic) bond motifs is 1. The number of aromatic nitrogens is 3. The van der Waals surface area contributed by atoms with Crippen molar-refractivity contribution in [2.24, 2.45) is 7.05 Å². The number of imidazole rings is 1. The van der Waals surface area contributed by atoms with E-state index in [-0.39, 0.29) is 5.91 Å². The molecule has 1 aliphatic rings. The molecule has 0 aliphatic carbocycles. The standard InChI is InChI=1S/C20H25N5O2/c1-3-16-12-17(27-22-16)13-24-7-4-8-25(10-9-24)20(26)15-5-6-19-18(11-15)21-14-23(19)2/h5-6,11-12,14H,3-4,7-10,13H2,1-2H3. The molecule has 2 aromatic heterocycles. The van der Waals surface area contributed by atoms with Crippen LogP contribution in [0.4, 0.5) is 0 Å². The summed E-state index contributed by atoms with van der Waals surface area (Å²) in [5.41, 5.74) is 3.59. The molecular weight excluding hydrogens is 342 g/mol. The van der Waals surface area contributed by atoms with Gasteiger partial charge in [0.25, 0.3) is 5.91 Å². The molecule has 3 heterocycles. The van der Waals surface area contributed by atoms with Gasteiger partial charge in [0.05, 0.1) is 29.6 Å². The van der Waals surface area contributed by atoms with E-state index in [2.05, 4.69) is 22.0 Å². The SMILES string of the molecule is CCc1cc(CN2CCCN(C(=O)c3ccc4c(c3)ncn4C)CC2)on1. The van der Waals surface area contributed by atoms with E-state index in [4.69, 9.17) is 4.52 Å². The van der Waals surface area contributed by atoms with Crippen LogP contribution in [0.3, 0.4) is 0 Å². The van der Waals surface area contributed by atoms with Gasteiger partial charge in [0.15, 0.2) is 5.76 Å². The van der Waals surface area contributed by atoms with Gasteiger partial charge in [-0.25, -0.2) is 4.98 Å². The van der Waals surface area contributed by atoms with E-state index in [1.54, 1.807) is 6.33 Å². The molecule has 0 saturated carbocycles. The van der Waals surface area contributed by atoms with Gasteiger partial charge >= 0.3 is 0 Å². The van der Waals surface area contributed by atoms with Crippen LogP contribution >= 0.6 is 0 Å². The summed E-state index contributed by atoms with van der Waals surface area (Å²) in [5, 5.41) is 4.06. The van der Waals surface area contributed by atoms with Crippen molar-refractivity contribution in [2.45, 2.75) is 26.3 Å². The highest BCUT2D eigenvalue weighted by atomic mass is 16.5. The lowest BCUT2D eigenvalue weighted by atomic mass is 10.1. The summed E-state index contributed by atoms with van der Waals surface area (Å²) in [7, 11) is 1.96. The smallest absolute Gasteiger partial charge is 0.253 e. The minimum absolute atomic E-state index is 0.0809. The zero-order valence-corrected chi connectivity index (χ0v) is 15.9. The van der Waals surface area contributed by atoms with Crippen LogP contribution in [0.2, 0.25) is 0 Å². The van der Waals surface area contributed by atoms with Crippen molar-refractivity contribution in [1.29, 1.82) is 0 Å². The third-order valence-corrected chi connectivity index (χ3v) is 5.20. The second kappa shape index (κ2) is 7.52. The monoisotopic (exact) mass is 367 g/mol. The maximum absolute atomic E-state index is 13.0. The lowest BCUT2D eigenvalue weighted by Gasteiger charge is -2.21. The Kier molecular flexibility index (Phi) is 4.94. The van der Waals surface area contributed by atoms with Gasteiger partial charge in [-0.15, -0.1) is 0 Å². The summed E-state index contributed by atoms with van der Waals surface area (Å²) < 4.78 is 7.36. The minimum Gasteiger partial charge on any atom is -0.360 e. The van der Waals surface area contributed by atoms with E-state index in [9.17, 15) is 4.79 Å². The summed E-state index contributed by atoms with van der Waals surface area (Å²) in [6.45, 7) is 6.08. The first-order chi connectivity index (χ1) is 13.1. The molecule has 3 aromatic rings.